The summed E-state index contributed by atoms with van der Waals surface area (Å²) in [7, 11) is 0. The van der Waals surface area contributed by atoms with Crippen LogP contribution >= 0.6 is 0 Å². The predicted molar refractivity (Wildman–Crippen MR) is 69.0 cm³/mol. The average molecular weight is 235 g/mol. The summed E-state index contributed by atoms with van der Waals surface area (Å²) in [5.41, 5.74) is 6.97. The lowest BCUT2D eigenvalue weighted by atomic mass is 10.1. The molecule has 2 N–H and O–H groups in total. The van der Waals surface area contributed by atoms with Crippen LogP contribution in [0.2, 0.25) is 0 Å². The van der Waals surface area contributed by atoms with Crippen LogP contribution in [0.4, 0.5) is 0 Å². The van der Waals surface area contributed by atoms with Crippen LogP contribution in [0, 0.1) is 0 Å². The van der Waals surface area contributed by atoms with Gasteiger partial charge in [0, 0.05) is 6.04 Å². The quantitative estimate of drug-likeness (QED) is 0.819. The molecule has 17 heavy (non-hydrogen) atoms. The zero-order valence-electron chi connectivity index (χ0n) is 11.0. The van der Waals surface area contributed by atoms with Crippen molar-refractivity contribution in [3.05, 3.63) is 35.4 Å². The van der Waals surface area contributed by atoms with Gasteiger partial charge in [-0.25, -0.2) is 4.79 Å². The molecule has 0 saturated carbocycles. The van der Waals surface area contributed by atoms with Crippen molar-refractivity contribution in [1.82, 2.24) is 0 Å². The van der Waals surface area contributed by atoms with Gasteiger partial charge in [0.05, 0.1) is 5.56 Å². The molecule has 3 heteroatoms. The number of esters is 1. The largest absolute Gasteiger partial charge is 0.456 e. The number of nitrogens with two attached hydrogens (primary N) is 1. The van der Waals surface area contributed by atoms with E-state index in [1.807, 2.05) is 39.8 Å². The summed E-state index contributed by atoms with van der Waals surface area (Å²) < 4.78 is 5.28. The molecule has 0 unspecified atom stereocenters. The Labute approximate surface area is 103 Å². The number of benzene rings is 1. The monoisotopic (exact) mass is 235 g/mol. The third-order valence-corrected chi connectivity index (χ3v) is 2.15. The zero-order chi connectivity index (χ0) is 13.1. The number of hydrogen-bond donors (Lipinski definition) is 1. The van der Waals surface area contributed by atoms with E-state index in [0.29, 0.717) is 5.56 Å². The lowest BCUT2D eigenvalue weighted by molar-refractivity contribution is 0.00695. The summed E-state index contributed by atoms with van der Waals surface area (Å²) in [6, 6.07) is 7.53. The van der Waals surface area contributed by atoms with Crippen LogP contribution in [0.1, 0.15) is 43.6 Å². The van der Waals surface area contributed by atoms with Crippen molar-refractivity contribution in [2.45, 2.75) is 45.8 Å². The molecule has 0 fully saturated rings. The fourth-order valence-corrected chi connectivity index (χ4v) is 1.49. The second-order valence-corrected chi connectivity index (χ2v) is 5.38. The molecule has 1 aromatic rings. The molecule has 0 spiro atoms. The van der Waals surface area contributed by atoms with Gasteiger partial charge < -0.3 is 10.5 Å². The molecular weight excluding hydrogens is 214 g/mol. The van der Waals surface area contributed by atoms with E-state index >= 15 is 0 Å². The smallest absolute Gasteiger partial charge is 0.338 e. The fraction of sp³-hybridized carbons (Fsp3) is 0.500. The molecule has 0 heterocycles. The molecule has 0 bridgehead atoms. The predicted octanol–water partition coefficient (Wildman–Crippen LogP) is 2.53. The van der Waals surface area contributed by atoms with E-state index in [1.165, 1.54) is 0 Å². The third-order valence-electron chi connectivity index (χ3n) is 2.15. The highest BCUT2D eigenvalue weighted by molar-refractivity contribution is 5.89. The molecule has 0 aliphatic rings. The van der Waals surface area contributed by atoms with Gasteiger partial charge in [-0.3, -0.25) is 0 Å². The summed E-state index contributed by atoms with van der Waals surface area (Å²) in [6.07, 6.45) is 0.814. The average Bonchev–Trinajstić information content (AvgIpc) is 2.15. The molecule has 1 rings (SSSR count). The van der Waals surface area contributed by atoms with Crippen LogP contribution in [0.25, 0.3) is 0 Å². The van der Waals surface area contributed by atoms with Crippen LogP contribution in [-0.2, 0) is 11.2 Å². The number of carbonyl (C=O) groups excluding carboxylic acids is 1. The minimum atomic E-state index is -0.457. The maximum absolute atomic E-state index is 11.7. The summed E-state index contributed by atoms with van der Waals surface area (Å²) in [5, 5.41) is 0. The highest BCUT2D eigenvalue weighted by atomic mass is 16.6. The first-order valence-electron chi connectivity index (χ1n) is 5.86. The van der Waals surface area contributed by atoms with E-state index < -0.39 is 5.60 Å². The summed E-state index contributed by atoms with van der Waals surface area (Å²) in [4.78, 5) is 11.7. The number of ether oxygens (including phenoxy) is 1. The lowest BCUT2D eigenvalue weighted by Crippen LogP contribution is -2.24. The molecule has 1 aromatic carbocycles. The number of hydrogen-bond acceptors (Lipinski definition) is 3. The normalized spacial score (nSPS) is 13.2. The van der Waals surface area contributed by atoms with E-state index in [-0.39, 0.29) is 12.0 Å². The van der Waals surface area contributed by atoms with Crippen LogP contribution in [-0.4, -0.2) is 17.6 Å². The Morgan fingerprint density at radius 1 is 1.29 bits per heavy atom. The van der Waals surface area contributed by atoms with Crippen LogP contribution in [0.15, 0.2) is 24.3 Å². The first-order chi connectivity index (χ1) is 7.78. The Balaban J connectivity index is 2.71. The Morgan fingerprint density at radius 2 is 1.82 bits per heavy atom. The van der Waals surface area contributed by atoms with Crippen molar-refractivity contribution >= 4 is 5.97 Å². The molecular formula is C14H21NO2. The molecule has 0 aliphatic heterocycles. The number of rotatable bonds is 3. The number of carbonyl (C=O) groups is 1. The molecule has 3 nitrogen and oxygen atoms in total. The Morgan fingerprint density at radius 3 is 2.24 bits per heavy atom. The van der Waals surface area contributed by atoms with E-state index in [2.05, 4.69) is 0 Å². The maximum Gasteiger partial charge on any atom is 0.338 e. The highest BCUT2D eigenvalue weighted by Gasteiger charge is 2.17. The summed E-state index contributed by atoms with van der Waals surface area (Å²) in [5.74, 6) is -0.287. The first kappa shape index (κ1) is 13.7. The zero-order valence-corrected chi connectivity index (χ0v) is 11.0. The van der Waals surface area contributed by atoms with Gasteiger partial charge in [-0.1, -0.05) is 12.1 Å². The molecule has 0 aromatic heterocycles. The van der Waals surface area contributed by atoms with Crippen molar-refractivity contribution in [2.24, 2.45) is 5.73 Å². The van der Waals surface area contributed by atoms with Crippen LogP contribution in [0.5, 0.6) is 0 Å². The fourth-order valence-electron chi connectivity index (χ4n) is 1.49. The highest BCUT2D eigenvalue weighted by Crippen LogP contribution is 2.13. The second kappa shape index (κ2) is 5.32. The molecule has 0 amide bonds. The molecule has 0 radical (unpaired) electrons. The van der Waals surface area contributed by atoms with Crippen molar-refractivity contribution in [3.63, 3.8) is 0 Å². The van der Waals surface area contributed by atoms with Gasteiger partial charge in [0.2, 0.25) is 0 Å². The molecule has 0 saturated heterocycles. The van der Waals surface area contributed by atoms with Gasteiger partial charge in [-0.05, 0) is 51.8 Å². The van der Waals surface area contributed by atoms with Crippen molar-refractivity contribution < 1.29 is 9.53 Å². The Hall–Kier alpha value is -1.35. The Bertz CT molecular complexity index is 374. The molecule has 0 aliphatic carbocycles. The van der Waals surface area contributed by atoms with Crippen molar-refractivity contribution in [2.75, 3.05) is 0 Å². The topological polar surface area (TPSA) is 52.3 Å². The first-order valence-corrected chi connectivity index (χ1v) is 5.86. The van der Waals surface area contributed by atoms with Gasteiger partial charge in [0.25, 0.3) is 0 Å². The lowest BCUT2D eigenvalue weighted by Gasteiger charge is -2.19. The second-order valence-electron chi connectivity index (χ2n) is 5.38. The standard InChI is InChI=1S/C14H21NO2/c1-10(15)9-11-5-7-12(8-6-11)13(16)17-14(2,3)4/h5-8,10H,9,15H2,1-4H3/t10-/m1/s1. The Kier molecular flexibility index (Phi) is 4.29. The third kappa shape index (κ3) is 5.00. The minimum Gasteiger partial charge on any atom is -0.456 e. The van der Waals surface area contributed by atoms with Gasteiger partial charge in [-0.15, -0.1) is 0 Å². The van der Waals surface area contributed by atoms with E-state index in [4.69, 9.17) is 10.5 Å². The van der Waals surface area contributed by atoms with Gasteiger partial charge in [0.15, 0.2) is 0 Å². The van der Waals surface area contributed by atoms with Crippen molar-refractivity contribution in [1.29, 1.82) is 0 Å². The van der Waals surface area contributed by atoms with Gasteiger partial charge >= 0.3 is 5.97 Å². The van der Waals surface area contributed by atoms with Crippen LogP contribution in [0.3, 0.4) is 0 Å². The minimum absolute atomic E-state index is 0.127. The summed E-state index contributed by atoms with van der Waals surface area (Å²) in [6.45, 7) is 7.53. The van der Waals surface area contributed by atoms with E-state index in [1.54, 1.807) is 12.1 Å². The summed E-state index contributed by atoms with van der Waals surface area (Å²) >= 11 is 0. The molecule has 94 valence electrons. The van der Waals surface area contributed by atoms with Crippen molar-refractivity contribution in [3.8, 4) is 0 Å². The van der Waals surface area contributed by atoms with Gasteiger partial charge in [0.1, 0.15) is 5.60 Å². The maximum atomic E-state index is 11.7. The van der Waals surface area contributed by atoms with E-state index in [0.717, 1.165) is 12.0 Å². The SMILES string of the molecule is C[C@@H](N)Cc1ccc(C(=O)OC(C)(C)C)cc1. The van der Waals surface area contributed by atoms with Crippen LogP contribution < -0.4 is 5.73 Å². The van der Waals surface area contributed by atoms with Gasteiger partial charge in [-0.2, -0.15) is 0 Å². The molecule has 1 atom stereocenters. The van der Waals surface area contributed by atoms with E-state index in [9.17, 15) is 4.79 Å².